The van der Waals surface area contributed by atoms with E-state index in [0.717, 1.165) is 25.7 Å². The zero-order valence-corrected chi connectivity index (χ0v) is 16.9. The Bertz CT molecular complexity index is 932. The first kappa shape index (κ1) is 19.0. The van der Waals surface area contributed by atoms with E-state index in [-0.39, 0.29) is 10.8 Å². The minimum Gasteiger partial charge on any atom is -0.333 e. The Hall–Kier alpha value is -2.34. The second-order valence-electron chi connectivity index (χ2n) is 7.71. The molecule has 0 atom stereocenters. The molecule has 2 aromatic rings. The van der Waals surface area contributed by atoms with Crippen LogP contribution in [0.4, 0.5) is 5.69 Å². The van der Waals surface area contributed by atoms with Crippen molar-refractivity contribution < 1.29 is 13.2 Å². The quantitative estimate of drug-likeness (QED) is 0.737. The van der Waals surface area contributed by atoms with Crippen molar-refractivity contribution >= 4 is 21.6 Å². The molecular formula is C22H26N2O3S. The predicted octanol–water partition coefficient (Wildman–Crippen LogP) is 4.06. The van der Waals surface area contributed by atoms with Crippen molar-refractivity contribution in [3.05, 3.63) is 60.2 Å². The third kappa shape index (κ3) is 3.65. The van der Waals surface area contributed by atoms with Gasteiger partial charge in [-0.1, -0.05) is 31.0 Å². The van der Waals surface area contributed by atoms with Crippen molar-refractivity contribution in [1.82, 2.24) is 4.90 Å². The molecule has 0 aliphatic heterocycles. The Morgan fingerprint density at radius 3 is 2.00 bits per heavy atom. The highest BCUT2D eigenvalue weighted by Gasteiger charge is 2.38. The van der Waals surface area contributed by atoms with E-state index >= 15 is 0 Å². The number of hydrogen-bond donors (Lipinski definition) is 0. The Balaban J connectivity index is 1.55. The van der Waals surface area contributed by atoms with Gasteiger partial charge in [-0.15, -0.1) is 0 Å². The lowest BCUT2D eigenvalue weighted by atomic mass is 10.1. The number of amides is 1. The van der Waals surface area contributed by atoms with Crippen molar-refractivity contribution in [2.24, 2.45) is 0 Å². The highest BCUT2D eigenvalue weighted by molar-refractivity contribution is 7.92. The monoisotopic (exact) mass is 398 g/mol. The molecule has 2 aromatic carbocycles. The topological polar surface area (TPSA) is 57.7 Å². The standard InChI is InChI=1S/C22H26N2O3S/c1-23(18-7-3-2-4-8-18)28(26,27)21-15-11-17(12-16-21)22(25)24(20-13-14-20)19-9-5-6-10-19/h2-4,7-8,11-12,15-16,19-20H,5-6,9-10,13-14H2,1H3. The third-order valence-electron chi connectivity index (χ3n) is 5.77. The molecule has 0 bridgehead atoms. The van der Waals surface area contributed by atoms with Crippen LogP contribution in [0.5, 0.6) is 0 Å². The number of carbonyl (C=O) groups is 1. The van der Waals surface area contributed by atoms with Crippen LogP contribution in [-0.4, -0.2) is 38.4 Å². The molecule has 148 valence electrons. The molecule has 0 saturated heterocycles. The molecule has 5 nitrogen and oxygen atoms in total. The highest BCUT2D eigenvalue weighted by Crippen LogP contribution is 2.35. The normalized spacial score (nSPS) is 17.5. The van der Waals surface area contributed by atoms with Gasteiger partial charge in [0.05, 0.1) is 10.6 Å². The molecule has 0 radical (unpaired) electrons. The maximum absolute atomic E-state index is 13.1. The third-order valence-corrected chi connectivity index (χ3v) is 7.57. The summed E-state index contributed by atoms with van der Waals surface area (Å²) >= 11 is 0. The Labute approximate surface area is 167 Å². The van der Waals surface area contributed by atoms with Crippen LogP contribution in [0.3, 0.4) is 0 Å². The summed E-state index contributed by atoms with van der Waals surface area (Å²) in [4.78, 5) is 15.3. The summed E-state index contributed by atoms with van der Waals surface area (Å²) in [5.41, 5.74) is 1.17. The molecule has 4 rings (SSSR count). The zero-order chi connectivity index (χ0) is 19.7. The second kappa shape index (κ2) is 7.59. The van der Waals surface area contributed by atoms with E-state index in [1.807, 2.05) is 6.07 Å². The maximum atomic E-state index is 13.1. The summed E-state index contributed by atoms with van der Waals surface area (Å²) in [6.07, 6.45) is 6.69. The molecular weight excluding hydrogens is 372 g/mol. The van der Waals surface area contributed by atoms with Gasteiger partial charge in [0.15, 0.2) is 0 Å². The lowest BCUT2D eigenvalue weighted by molar-refractivity contribution is 0.0664. The first-order valence-corrected chi connectivity index (χ1v) is 11.4. The number of nitrogens with zero attached hydrogens (tertiary/aromatic N) is 2. The van der Waals surface area contributed by atoms with Gasteiger partial charge in [-0.3, -0.25) is 9.10 Å². The molecule has 6 heteroatoms. The Kier molecular flexibility index (Phi) is 5.15. The number of sulfonamides is 1. The van der Waals surface area contributed by atoms with Crippen LogP contribution in [0.1, 0.15) is 48.9 Å². The molecule has 28 heavy (non-hydrogen) atoms. The van der Waals surface area contributed by atoms with Gasteiger partial charge >= 0.3 is 0 Å². The van der Waals surface area contributed by atoms with Gasteiger partial charge < -0.3 is 4.90 Å². The second-order valence-corrected chi connectivity index (χ2v) is 9.68. The molecule has 2 saturated carbocycles. The molecule has 1 amide bonds. The Morgan fingerprint density at radius 1 is 0.857 bits per heavy atom. The lowest BCUT2D eigenvalue weighted by Crippen LogP contribution is -2.40. The van der Waals surface area contributed by atoms with Crippen molar-refractivity contribution in [2.75, 3.05) is 11.4 Å². The van der Waals surface area contributed by atoms with E-state index in [1.54, 1.807) is 55.6 Å². The number of benzene rings is 2. The van der Waals surface area contributed by atoms with E-state index in [2.05, 4.69) is 4.90 Å². The van der Waals surface area contributed by atoms with Crippen LogP contribution in [0.15, 0.2) is 59.5 Å². The van der Waals surface area contributed by atoms with Gasteiger partial charge in [0.2, 0.25) is 0 Å². The van der Waals surface area contributed by atoms with Crippen LogP contribution >= 0.6 is 0 Å². The first-order valence-electron chi connectivity index (χ1n) is 9.95. The van der Waals surface area contributed by atoms with Crippen molar-refractivity contribution in [2.45, 2.75) is 55.5 Å². The van der Waals surface area contributed by atoms with Gasteiger partial charge in [0.25, 0.3) is 15.9 Å². The Morgan fingerprint density at radius 2 is 1.43 bits per heavy atom. The van der Waals surface area contributed by atoms with E-state index in [4.69, 9.17) is 0 Å². The van der Waals surface area contributed by atoms with Crippen LogP contribution in [0.25, 0.3) is 0 Å². The molecule has 0 aromatic heterocycles. The van der Waals surface area contributed by atoms with Gasteiger partial charge in [0, 0.05) is 24.7 Å². The summed E-state index contributed by atoms with van der Waals surface area (Å²) in [5, 5.41) is 0. The van der Waals surface area contributed by atoms with E-state index in [0.29, 0.717) is 23.3 Å². The number of carbonyl (C=O) groups excluding carboxylic acids is 1. The molecule has 0 heterocycles. The van der Waals surface area contributed by atoms with Crippen LogP contribution < -0.4 is 4.31 Å². The molecule has 2 fully saturated rings. The van der Waals surface area contributed by atoms with Crippen molar-refractivity contribution in [1.29, 1.82) is 0 Å². The van der Waals surface area contributed by atoms with Crippen molar-refractivity contribution in [3.8, 4) is 0 Å². The van der Waals surface area contributed by atoms with Gasteiger partial charge in [-0.2, -0.15) is 0 Å². The minimum absolute atomic E-state index is 0.0368. The van der Waals surface area contributed by atoms with Gasteiger partial charge in [-0.05, 0) is 62.1 Å². The fourth-order valence-corrected chi connectivity index (χ4v) is 5.21. The number of anilines is 1. The fourth-order valence-electron chi connectivity index (χ4n) is 4.02. The SMILES string of the molecule is CN(c1ccccc1)S(=O)(=O)c1ccc(C(=O)N(C2CCCC2)C2CC2)cc1. The number of hydrogen-bond acceptors (Lipinski definition) is 3. The average molecular weight is 399 g/mol. The summed E-state index contributed by atoms with van der Waals surface area (Å²) in [5.74, 6) is 0.0368. The average Bonchev–Trinajstić information content (AvgIpc) is 3.41. The molecule has 0 N–H and O–H groups in total. The minimum atomic E-state index is -3.67. The van der Waals surface area contributed by atoms with E-state index in [9.17, 15) is 13.2 Å². The zero-order valence-electron chi connectivity index (χ0n) is 16.1. The number of para-hydroxylation sites is 1. The predicted molar refractivity (Wildman–Crippen MR) is 110 cm³/mol. The molecule has 2 aliphatic carbocycles. The molecule has 2 aliphatic rings. The fraction of sp³-hybridized carbons (Fsp3) is 0.409. The maximum Gasteiger partial charge on any atom is 0.264 e. The van der Waals surface area contributed by atoms with Gasteiger partial charge in [0.1, 0.15) is 0 Å². The highest BCUT2D eigenvalue weighted by atomic mass is 32.2. The van der Waals surface area contributed by atoms with Crippen LogP contribution in [0.2, 0.25) is 0 Å². The summed E-state index contributed by atoms with van der Waals surface area (Å²) in [6.45, 7) is 0. The smallest absolute Gasteiger partial charge is 0.264 e. The number of rotatable bonds is 6. The molecule has 0 unspecified atom stereocenters. The van der Waals surface area contributed by atoms with Crippen LogP contribution in [-0.2, 0) is 10.0 Å². The van der Waals surface area contributed by atoms with Crippen LogP contribution in [0, 0.1) is 0 Å². The summed E-state index contributed by atoms with van der Waals surface area (Å²) < 4.78 is 27.1. The largest absolute Gasteiger partial charge is 0.333 e. The summed E-state index contributed by atoms with van der Waals surface area (Å²) in [6, 6.07) is 16.1. The lowest BCUT2D eigenvalue weighted by Gasteiger charge is -2.29. The van der Waals surface area contributed by atoms with E-state index in [1.165, 1.54) is 17.1 Å². The van der Waals surface area contributed by atoms with Crippen molar-refractivity contribution in [3.63, 3.8) is 0 Å². The van der Waals surface area contributed by atoms with E-state index < -0.39 is 10.0 Å². The molecule has 0 spiro atoms. The van der Waals surface area contributed by atoms with Gasteiger partial charge in [-0.25, -0.2) is 8.42 Å². The first-order chi connectivity index (χ1) is 13.5. The summed E-state index contributed by atoms with van der Waals surface area (Å²) in [7, 11) is -2.13.